The summed E-state index contributed by atoms with van der Waals surface area (Å²) in [6, 6.07) is 16.9. The summed E-state index contributed by atoms with van der Waals surface area (Å²) >= 11 is 0. The van der Waals surface area contributed by atoms with Gasteiger partial charge in [0.25, 0.3) is 0 Å². The molecule has 0 aromatic heterocycles. The van der Waals surface area contributed by atoms with Crippen LogP contribution in [-0.4, -0.2) is 18.9 Å². The topological polar surface area (TPSA) is 42.5 Å². The predicted molar refractivity (Wildman–Crippen MR) is 96.3 cm³/mol. The summed E-state index contributed by atoms with van der Waals surface area (Å²) in [5, 5.41) is 7.22. The van der Waals surface area contributed by atoms with Crippen LogP contribution in [0, 0.1) is 0 Å². The van der Waals surface area contributed by atoms with Gasteiger partial charge in [-0.1, -0.05) is 42.5 Å². The Morgan fingerprint density at radius 2 is 1.83 bits per heavy atom. The maximum Gasteiger partial charge on any atom is 0.231 e. The third-order valence-corrected chi connectivity index (χ3v) is 4.27. The smallest absolute Gasteiger partial charge is 0.231 e. The lowest BCUT2D eigenvalue weighted by Crippen LogP contribution is -2.48. The molecule has 0 bridgehead atoms. The summed E-state index contributed by atoms with van der Waals surface area (Å²) in [6.07, 6.45) is 0. The summed E-state index contributed by atoms with van der Waals surface area (Å²) in [4.78, 5) is 0. The van der Waals surface area contributed by atoms with Gasteiger partial charge in [0.2, 0.25) is 6.79 Å². The van der Waals surface area contributed by atoms with E-state index in [0.29, 0.717) is 12.8 Å². The van der Waals surface area contributed by atoms with Gasteiger partial charge in [-0.15, -0.1) is 0 Å². The Labute approximate surface area is 144 Å². The van der Waals surface area contributed by atoms with Crippen LogP contribution in [0.4, 0.5) is 0 Å². The van der Waals surface area contributed by atoms with Crippen molar-refractivity contribution >= 4 is 0 Å². The van der Waals surface area contributed by atoms with E-state index in [9.17, 15) is 0 Å². The Morgan fingerprint density at radius 1 is 1.04 bits per heavy atom. The first kappa shape index (κ1) is 16.8. The lowest BCUT2D eigenvalue weighted by Gasteiger charge is -2.31. The monoisotopic (exact) mass is 326 g/mol. The lowest BCUT2D eigenvalue weighted by atomic mass is 10.0. The molecule has 0 fully saturated rings. The molecule has 1 heterocycles. The molecule has 1 unspecified atom stereocenters. The SMILES string of the molecule is CC(NC(C)(C)CNCc1cccc2c1OCO2)c1ccccc1. The molecule has 2 aromatic rings. The second-order valence-corrected chi connectivity index (χ2v) is 6.92. The predicted octanol–water partition coefficient (Wildman–Crippen LogP) is 3.63. The Morgan fingerprint density at radius 3 is 2.62 bits per heavy atom. The first-order chi connectivity index (χ1) is 11.6. The first-order valence-corrected chi connectivity index (χ1v) is 8.46. The number of ether oxygens (including phenoxy) is 2. The highest BCUT2D eigenvalue weighted by Gasteiger charge is 2.21. The largest absolute Gasteiger partial charge is 0.454 e. The van der Waals surface area contributed by atoms with Crippen molar-refractivity contribution in [3.05, 3.63) is 59.7 Å². The average molecular weight is 326 g/mol. The molecule has 4 heteroatoms. The first-order valence-electron chi connectivity index (χ1n) is 8.46. The third kappa shape index (κ3) is 4.08. The van der Waals surface area contributed by atoms with E-state index in [1.54, 1.807) is 0 Å². The summed E-state index contributed by atoms with van der Waals surface area (Å²) in [6.45, 7) is 8.56. The van der Waals surface area contributed by atoms with Crippen LogP contribution in [-0.2, 0) is 6.54 Å². The molecule has 2 aromatic carbocycles. The second kappa shape index (κ2) is 7.24. The molecule has 0 saturated heterocycles. The number of benzene rings is 2. The molecule has 0 aliphatic carbocycles. The molecule has 1 aliphatic rings. The van der Waals surface area contributed by atoms with E-state index in [4.69, 9.17) is 9.47 Å². The fourth-order valence-corrected chi connectivity index (χ4v) is 3.10. The number of hydrogen-bond donors (Lipinski definition) is 2. The zero-order chi connectivity index (χ0) is 17.0. The molecule has 4 nitrogen and oxygen atoms in total. The van der Waals surface area contributed by atoms with Gasteiger partial charge in [-0.2, -0.15) is 0 Å². The molecule has 2 N–H and O–H groups in total. The highest BCUT2D eigenvalue weighted by atomic mass is 16.7. The highest BCUT2D eigenvalue weighted by Crippen LogP contribution is 2.35. The van der Waals surface area contributed by atoms with Gasteiger partial charge in [0.05, 0.1) is 0 Å². The van der Waals surface area contributed by atoms with Gasteiger partial charge >= 0.3 is 0 Å². The van der Waals surface area contributed by atoms with E-state index >= 15 is 0 Å². The Hall–Kier alpha value is -2.04. The molecule has 24 heavy (non-hydrogen) atoms. The van der Waals surface area contributed by atoms with Crippen molar-refractivity contribution in [2.24, 2.45) is 0 Å². The minimum atomic E-state index is -0.0232. The number of nitrogens with one attached hydrogen (secondary N) is 2. The minimum absolute atomic E-state index is 0.0232. The Balaban J connectivity index is 1.53. The van der Waals surface area contributed by atoms with Gasteiger partial charge in [0.1, 0.15) is 0 Å². The zero-order valence-electron chi connectivity index (χ0n) is 14.6. The molecule has 0 spiro atoms. The molecular formula is C20H26N2O2. The summed E-state index contributed by atoms with van der Waals surface area (Å²) in [7, 11) is 0. The summed E-state index contributed by atoms with van der Waals surface area (Å²) in [5.74, 6) is 1.71. The highest BCUT2D eigenvalue weighted by molar-refractivity contribution is 5.48. The van der Waals surface area contributed by atoms with Crippen LogP contribution in [0.2, 0.25) is 0 Å². The second-order valence-electron chi connectivity index (χ2n) is 6.92. The fraction of sp³-hybridized carbons (Fsp3) is 0.400. The van der Waals surface area contributed by atoms with E-state index in [1.165, 1.54) is 5.56 Å². The van der Waals surface area contributed by atoms with Crippen molar-refractivity contribution in [1.82, 2.24) is 10.6 Å². The normalized spacial score (nSPS) is 14.6. The van der Waals surface area contributed by atoms with Crippen LogP contribution >= 0.6 is 0 Å². The molecule has 1 aliphatic heterocycles. The molecular weight excluding hydrogens is 300 g/mol. The van der Waals surface area contributed by atoms with E-state index in [-0.39, 0.29) is 5.54 Å². The average Bonchev–Trinajstić information content (AvgIpc) is 3.04. The zero-order valence-corrected chi connectivity index (χ0v) is 14.6. The van der Waals surface area contributed by atoms with Crippen molar-refractivity contribution in [2.45, 2.75) is 38.9 Å². The van der Waals surface area contributed by atoms with E-state index in [0.717, 1.165) is 30.2 Å². The van der Waals surface area contributed by atoms with Gasteiger partial charge in [0.15, 0.2) is 11.5 Å². The number of fused-ring (bicyclic) bond motifs is 1. The van der Waals surface area contributed by atoms with E-state index in [1.807, 2.05) is 18.2 Å². The number of rotatable bonds is 7. The molecule has 0 radical (unpaired) electrons. The van der Waals surface area contributed by atoms with Crippen LogP contribution < -0.4 is 20.1 Å². The minimum Gasteiger partial charge on any atom is -0.454 e. The van der Waals surface area contributed by atoms with Gasteiger partial charge in [0, 0.05) is 30.2 Å². The van der Waals surface area contributed by atoms with Crippen molar-refractivity contribution in [3.63, 3.8) is 0 Å². The maximum absolute atomic E-state index is 5.56. The molecule has 0 saturated carbocycles. The summed E-state index contributed by atoms with van der Waals surface area (Å²) in [5.41, 5.74) is 2.42. The maximum atomic E-state index is 5.56. The van der Waals surface area contributed by atoms with Gasteiger partial charge in [-0.3, -0.25) is 0 Å². The van der Waals surface area contributed by atoms with Crippen molar-refractivity contribution in [2.75, 3.05) is 13.3 Å². The third-order valence-electron chi connectivity index (χ3n) is 4.27. The van der Waals surface area contributed by atoms with Crippen LogP contribution in [0.15, 0.2) is 48.5 Å². The molecule has 0 amide bonds. The van der Waals surface area contributed by atoms with Gasteiger partial charge < -0.3 is 20.1 Å². The Bertz CT molecular complexity index is 671. The molecule has 1 atom stereocenters. The Kier molecular flexibility index (Phi) is 5.07. The quantitative estimate of drug-likeness (QED) is 0.815. The molecule has 128 valence electrons. The van der Waals surface area contributed by atoms with Crippen molar-refractivity contribution < 1.29 is 9.47 Å². The van der Waals surface area contributed by atoms with Gasteiger partial charge in [-0.05, 0) is 32.4 Å². The van der Waals surface area contributed by atoms with Crippen LogP contribution in [0.1, 0.15) is 37.9 Å². The van der Waals surface area contributed by atoms with Crippen molar-refractivity contribution in [3.8, 4) is 11.5 Å². The lowest BCUT2D eigenvalue weighted by molar-refractivity contribution is 0.173. The standard InChI is InChI=1S/C20H26N2O2/c1-15(16-8-5-4-6-9-16)22-20(2,3)13-21-12-17-10-7-11-18-19(17)24-14-23-18/h4-11,15,21-22H,12-14H2,1-3H3. The molecule has 3 rings (SSSR count). The van der Waals surface area contributed by atoms with Crippen LogP contribution in [0.5, 0.6) is 11.5 Å². The number of hydrogen-bond acceptors (Lipinski definition) is 4. The van der Waals surface area contributed by atoms with Crippen LogP contribution in [0.3, 0.4) is 0 Å². The van der Waals surface area contributed by atoms with Crippen molar-refractivity contribution in [1.29, 1.82) is 0 Å². The van der Waals surface area contributed by atoms with E-state index < -0.39 is 0 Å². The number of para-hydroxylation sites is 1. The summed E-state index contributed by atoms with van der Waals surface area (Å²) < 4.78 is 11.0. The van der Waals surface area contributed by atoms with E-state index in [2.05, 4.69) is 61.7 Å². The van der Waals surface area contributed by atoms with Gasteiger partial charge in [-0.25, -0.2) is 0 Å². The van der Waals surface area contributed by atoms with Crippen LogP contribution in [0.25, 0.3) is 0 Å². The fourth-order valence-electron chi connectivity index (χ4n) is 3.10.